The lowest BCUT2D eigenvalue weighted by Crippen LogP contribution is -2.50. The number of nitrogens with one attached hydrogen (secondary N) is 1. The van der Waals surface area contributed by atoms with Crippen LogP contribution in [0.4, 0.5) is 10.1 Å². The van der Waals surface area contributed by atoms with Gasteiger partial charge in [-0.05, 0) is 12.1 Å². The molecule has 1 aromatic carbocycles. The van der Waals surface area contributed by atoms with E-state index in [9.17, 15) is 27.7 Å². The third kappa shape index (κ3) is 3.28. The molecule has 0 bridgehead atoms. The molecule has 0 spiro atoms. The van der Waals surface area contributed by atoms with Gasteiger partial charge in [-0.1, -0.05) is 0 Å². The van der Waals surface area contributed by atoms with Gasteiger partial charge in [-0.15, -0.1) is 12.4 Å². The minimum Gasteiger partial charge on any atom is -0.307 e. The molecule has 2 rings (SSSR count). The Balaban J connectivity index is 0.00000220. The van der Waals surface area contributed by atoms with Crippen LogP contribution in [0.1, 0.15) is 0 Å². The maximum atomic E-state index is 13.0. The van der Waals surface area contributed by atoms with Crippen molar-refractivity contribution < 1.29 is 22.5 Å². The van der Waals surface area contributed by atoms with Gasteiger partial charge in [0.05, 0.1) is 17.5 Å². The summed E-state index contributed by atoms with van der Waals surface area (Å²) in [5, 5.41) is 13.5. The average molecular weight is 340 g/mol. The number of amides is 1. The van der Waals surface area contributed by atoms with Crippen LogP contribution in [0.3, 0.4) is 0 Å². The molecule has 0 atom stereocenters. The van der Waals surface area contributed by atoms with E-state index in [-0.39, 0.29) is 32.0 Å². The first kappa shape index (κ1) is 17.3. The largest absolute Gasteiger partial charge is 0.307 e. The Morgan fingerprint density at radius 3 is 2.62 bits per heavy atom. The van der Waals surface area contributed by atoms with E-state index >= 15 is 0 Å². The quantitative estimate of drug-likeness (QED) is 0.625. The second-order valence-electron chi connectivity index (χ2n) is 4.02. The van der Waals surface area contributed by atoms with Gasteiger partial charge >= 0.3 is 0 Å². The fourth-order valence-electron chi connectivity index (χ4n) is 1.81. The van der Waals surface area contributed by atoms with Gasteiger partial charge in [0.1, 0.15) is 5.82 Å². The summed E-state index contributed by atoms with van der Waals surface area (Å²) in [6.45, 7) is -0.0517. The number of nitro benzene ring substituents is 1. The van der Waals surface area contributed by atoms with E-state index in [0.717, 1.165) is 12.1 Å². The SMILES string of the molecule is Cl.O=C1CNCCN1S(=O)(=O)c1ccc(F)cc1[N+](=O)[O-]. The summed E-state index contributed by atoms with van der Waals surface area (Å²) < 4.78 is 38.2. The van der Waals surface area contributed by atoms with Gasteiger partial charge in [0, 0.05) is 13.1 Å². The van der Waals surface area contributed by atoms with E-state index < -0.39 is 37.3 Å². The molecule has 0 aromatic heterocycles. The van der Waals surface area contributed by atoms with Gasteiger partial charge in [0.15, 0.2) is 4.90 Å². The number of carbonyl (C=O) groups is 1. The molecule has 0 radical (unpaired) electrons. The van der Waals surface area contributed by atoms with Crippen molar-refractivity contribution in [3.8, 4) is 0 Å². The zero-order chi connectivity index (χ0) is 14.9. The number of nitrogens with zero attached hydrogens (tertiary/aromatic N) is 2. The van der Waals surface area contributed by atoms with Gasteiger partial charge in [-0.25, -0.2) is 17.1 Å². The van der Waals surface area contributed by atoms with Crippen LogP contribution in [0.15, 0.2) is 23.1 Å². The van der Waals surface area contributed by atoms with Gasteiger partial charge in [-0.3, -0.25) is 14.9 Å². The minimum atomic E-state index is -4.37. The van der Waals surface area contributed by atoms with E-state index in [1.165, 1.54) is 0 Å². The standard InChI is InChI=1S/C10H10FN3O5S.ClH/c11-7-1-2-9(8(5-7)14(16)17)20(18,19)13-4-3-12-6-10(13)15;/h1-2,5,12H,3-4,6H2;1H. The number of hydrogen-bond donors (Lipinski definition) is 1. The number of benzene rings is 1. The maximum Gasteiger partial charge on any atom is 0.292 e. The molecule has 0 aliphatic carbocycles. The summed E-state index contributed by atoms with van der Waals surface area (Å²) in [4.78, 5) is 20.8. The number of nitro groups is 1. The molecule has 1 heterocycles. The third-order valence-corrected chi connectivity index (χ3v) is 4.60. The van der Waals surface area contributed by atoms with Gasteiger partial charge in [0.2, 0.25) is 5.91 Å². The second-order valence-corrected chi connectivity index (χ2v) is 5.85. The highest BCUT2D eigenvalue weighted by atomic mass is 35.5. The number of piperazine rings is 1. The third-order valence-electron chi connectivity index (χ3n) is 2.73. The van der Waals surface area contributed by atoms with Crippen molar-refractivity contribution in [2.45, 2.75) is 4.90 Å². The van der Waals surface area contributed by atoms with Crippen LogP contribution in [0, 0.1) is 15.9 Å². The van der Waals surface area contributed by atoms with Crippen molar-refractivity contribution in [3.05, 3.63) is 34.1 Å². The Bertz CT molecular complexity index is 681. The Morgan fingerprint density at radius 1 is 1.38 bits per heavy atom. The summed E-state index contributed by atoms with van der Waals surface area (Å²) in [6, 6.07) is 2.10. The monoisotopic (exact) mass is 339 g/mol. The predicted molar refractivity (Wildman–Crippen MR) is 72.1 cm³/mol. The van der Waals surface area contributed by atoms with E-state index in [1.807, 2.05) is 0 Å². The van der Waals surface area contributed by atoms with E-state index in [4.69, 9.17) is 0 Å². The van der Waals surface area contributed by atoms with Crippen molar-refractivity contribution in [2.24, 2.45) is 0 Å². The van der Waals surface area contributed by atoms with Crippen LogP contribution in [0.2, 0.25) is 0 Å². The highest BCUT2D eigenvalue weighted by molar-refractivity contribution is 7.89. The van der Waals surface area contributed by atoms with Gasteiger partial charge < -0.3 is 5.32 Å². The molecule has 0 unspecified atom stereocenters. The molecule has 116 valence electrons. The zero-order valence-corrected chi connectivity index (χ0v) is 12.1. The van der Waals surface area contributed by atoms with Gasteiger partial charge in [-0.2, -0.15) is 0 Å². The van der Waals surface area contributed by atoms with Crippen LogP contribution in [-0.2, 0) is 14.8 Å². The number of carbonyl (C=O) groups excluding carboxylic acids is 1. The molecule has 1 fully saturated rings. The molecule has 1 aromatic rings. The molecule has 11 heteroatoms. The lowest BCUT2D eigenvalue weighted by molar-refractivity contribution is -0.388. The Morgan fingerprint density at radius 2 is 2.05 bits per heavy atom. The van der Waals surface area contributed by atoms with Crippen molar-refractivity contribution in [1.82, 2.24) is 9.62 Å². The molecule has 1 N–H and O–H groups in total. The van der Waals surface area contributed by atoms with E-state index in [0.29, 0.717) is 10.4 Å². The highest BCUT2D eigenvalue weighted by Gasteiger charge is 2.36. The maximum absolute atomic E-state index is 13.0. The van der Waals surface area contributed by atoms with Crippen molar-refractivity contribution in [1.29, 1.82) is 0 Å². The first-order valence-corrected chi connectivity index (χ1v) is 6.98. The molecular weight excluding hydrogens is 329 g/mol. The smallest absolute Gasteiger partial charge is 0.292 e. The normalized spacial score (nSPS) is 15.5. The number of sulfonamides is 1. The first-order valence-electron chi connectivity index (χ1n) is 5.54. The predicted octanol–water partition coefficient (Wildman–Crippen LogP) is 0.276. The second kappa shape index (κ2) is 6.33. The number of hydrogen-bond acceptors (Lipinski definition) is 6. The lowest BCUT2D eigenvalue weighted by atomic mass is 10.3. The highest BCUT2D eigenvalue weighted by Crippen LogP contribution is 2.27. The van der Waals surface area contributed by atoms with Crippen LogP contribution in [0.5, 0.6) is 0 Å². The fraction of sp³-hybridized carbons (Fsp3) is 0.300. The molecule has 0 saturated carbocycles. The van der Waals surface area contributed by atoms with Crippen LogP contribution in [-0.4, -0.2) is 43.2 Å². The molecule has 1 amide bonds. The van der Waals surface area contributed by atoms with Crippen molar-refractivity contribution >= 4 is 34.0 Å². The molecule has 21 heavy (non-hydrogen) atoms. The first-order chi connectivity index (χ1) is 9.34. The molecule has 8 nitrogen and oxygen atoms in total. The summed E-state index contributed by atoms with van der Waals surface area (Å²) >= 11 is 0. The van der Waals surface area contributed by atoms with Gasteiger partial charge in [0.25, 0.3) is 15.7 Å². The zero-order valence-electron chi connectivity index (χ0n) is 10.5. The van der Waals surface area contributed by atoms with Crippen LogP contribution < -0.4 is 5.32 Å². The lowest BCUT2D eigenvalue weighted by Gasteiger charge is -2.26. The van der Waals surface area contributed by atoms with Crippen LogP contribution in [0.25, 0.3) is 0 Å². The molecule has 1 aliphatic rings. The number of halogens is 2. The van der Waals surface area contributed by atoms with E-state index in [1.54, 1.807) is 0 Å². The van der Waals surface area contributed by atoms with Crippen molar-refractivity contribution in [2.75, 3.05) is 19.6 Å². The van der Waals surface area contributed by atoms with E-state index in [2.05, 4.69) is 5.32 Å². The number of rotatable bonds is 3. The Kier molecular flexibility index (Phi) is 5.20. The molecule has 1 saturated heterocycles. The average Bonchev–Trinajstić information content (AvgIpc) is 2.38. The molecule has 1 aliphatic heterocycles. The fourth-order valence-corrected chi connectivity index (χ4v) is 3.35. The van der Waals surface area contributed by atoms with Crippen LogP contribution >= 0.6 is 12.4 Å². The molecular formula is C10H11ClFN3O5S. The Labute approximate surface area is 125 Å². The van der Waals surface area contributed by atoms with Crippen molar-refractivity contribution in [3.63, 3.8) is 0 Å². The summed E-state index contributed by atoms with van der Waals surface area (Å²) in [6.07, 6.45) is 0. The summed E-state index contributed by atoms with van der Waals surface area (Å²) in [5.41, 5.74) is -0.892. The minimum absolute atomic E-state index is 0. The Hall–Kier alpha value is -1.78. The topological polar surface area (TPSA) is 110 Å². The summed E-state index contributed by atoms with van der Waals surface area (Å²) in [5.74, 6) is -1.64. The summed E-state index contributed by atoms with van der Waals surface area (Å²) in [7, 11) is -4.37.